The van der Waals surface area contributed by atoms with Gasteiger partial charge in [0.25, 0.3) is 5.91 Å². The summed E-state index contributed by atoms with van der Waals surface area (Å²) >= 11 is 6.35. The quantitative estimate of drug-likeness (QED) is 0.891. The summed E-state index contributed by atoms with van der Waals surface area (Å²) < 4.78 is 1.61. The molecule has 0 radical (unpaired) electrons. The van der Waals surface area contributed by atoms with Gasteiger partial charge in [0.2, 0.25) is 0 Å². The molecule has 0 spiro atoms. The number of ketones is 1. The molecule has 0 saturated carbocycles. The van der Waals surface area contributed by atoms with Gasteiger partial charge < -0.3 is 5.32 Å². The van der Waals surface area contributed by atoms with Crippen molar-refractivity contribution in [2.75, 3.05) is 6.54 Å². The van der Waals surface area contributed by atoms with Gasteiger partial charge in [-0.25, -0.2) is 9.97 Å². The van der Waals surface area contributed by atoms with Gasteiger partial charge in [0.05, 0.1) is 10.7 Å². The minimum atomic E-state index is -0.458. The van der Waals surface area contributed by atoms with Gasteiger partial charge in [0, 0.05) is 31.8 Å². The highest BCUT2D eigenvalue weighted by molar-refractivity contribution is 6.35. The first-order valence-corrected chi connectivity index (χ1v) is 8.43. The maximum Gasteiger partial charge on any atom is 0.271 e. The number of nitrogens with zero attached hydrogens (tertiary/aromatic N) is 4. The standard InChI is InChI=1S/C18H18ClN5O2/c1-10-6-11(2)12(14(25)7-10)8-20-18(26)17-15(19)16(21-9-22-17)13-4-5-23-24(13)3/h4-6,9H,7-8H2,1-3H3,(H,20,26). The molecule has 7 nitrogen and oxygen atoms in total. The van der Waals surface area contributed by atoms with Crippen molar-refractivity contribution >= 4 is 23.3 Å². The van der Waals surface area contributed by atoms with Crippen LogP contribution in [0.2, 0.25) is 5.02 Å². The third-order valence-electron chi connectivity index (χ3n) is 4.21. The lowest BCUT2D eigenvalue weighted by molar-refractivity contribution is -0.115. The number of hydrogen-bond donors (Lipinski definition) is 1. The maximum absolute atomic E-state index is 12.5. The monoisotopic (exact) mass is 371 g/mol. The molecule has 134 valence electrons. The number of carbonyl (C=O) groups excluding carboxylic acids is 2. The Morgan fingerprint density at radius 3 is 2.77 bits per heavy atom. The normalized spacial score (nSPS) is 14.5. The van der Waals surface area contributed by atoms with Crippen LogP contribution < -0.4 is 5.32 Å². The van der Waals surface area contributed by atoms with Crippen LogP contribution in [0.5, 0.6) is 0 Å². The second-order valence-corrected chi connectivity index (χ2v) is 6.54. The van der Waals surface area contributed by atoms with Gasteiger partial charge >= 0.3 is 0 Å². The van der Waals surface area contributed by atoms with Crippen LogP contribution in [-0.4, -0.2) is 38.0 Å². The molecule has 1 amide bonds. The first-order valence-electron chi connectivity index (χ1n) is 8.05. The van der Waals surface area contributed by atoms with Gasteiger partial charge in [-0.05, 0) is 25.5 Å². The lowest BCUT2D eigenvalue weighted by Gasteiger charge is -2.16. The molecule has 3 rings (SSSR count). The van der Waals surface area contributed by atoms with Crippen LogP contribution in [-0.2, 0) is 11.8 Å². The Kier molecular flexibility index (Phi) is 4.99. The number of hydrogen-bond acceptors (Lipinski definition) is 5. The molecule has 0 fully saturated rings. The molecule has 26 heavy (non-hydrogen) atoms. The minimum Gasteiger partial charge on any atom is -0.346 e. The van der Waals surface area contributed by atoms with E-state index < -0.39 is 5.91 Å². The van der Waals surface area contributed by atoms with Gasteiger partial charge in [-0.3, -0.25) is 14.3 Å². The molecule has 0 atom stereocenters. The van der Waals surface area contributed by atoms with Crippen LogP contribution in [0.3, 0.4) is 0 Å². The van der Waals surface area contributed by atoms with E-state index in [1.807, 2.05) is 19.9 Å². The number of Topliss-reactive ketones (excluding diaryl/α,β-unsaturated/α-hetero) is 1. The van der Waals surface area contributed by atoms with Crippen LogP contribution in [0.1, 0.15) is 30.8 Å². The highest BCUT2D eigenvalue weighted by Gasteiger charge is 2.21. The second-order valence-electron chi connectivity index (χ2n) is 6.16. The molecule has 0 unspecified atom stereocenters. The summed E-state index contributed by atoms with van der Waals surface area (Å²) in [7, 11) is 1.76. The summed E-state index contributed by atoms with van der Waals surface area (Å²) in [5.74, 6) is -0.438. The Bertz CT molecular complexity index is 958. The Morgan fingerprint density at radius 2 is 2.12 bits per heavy atom. The predicted molar refractivity (Wildman–Crippen MR) is 97.7 cm³/mol. The van der Waals surface area contributed by atoms with Crippen molar-refractivity contribution in [3.8, 4) is 11.4 Å². The van der Waals surface area contributed by atoms with Crippen molar-refractivity contribution in [3.63, 3.8) is 0 Å². The zero-order valence-electron chi connectivity index (χ0n) is 14.7. The molecule has 0 aliphatic heterocycles. The third kappa shape index (κ3) is 3.43. The number of aryl methyl sites for hydroxylation is 1. The van der Waals surface area contributed by atoms with Gasteiger partial charge in [-0.2, -0.15) is 5.10 Å². The van der Waals surface area contributed by atoms with Crippen LogP contribution >= 0.6 is 11.6 Å². The fraction of sp³-hybridized carbons (Fsp3) is 0.278. The summed E-state index contributed by atoms with van der Waals surface area (Å²) in [5.41, 5.74) is 3.64. The molecule has 0 aromatic carbocycles. The van der Waals surface area contributed by atoms with Crippen molar-refractivity contribution in [2.45, 2.75) is 20.3 Å². The van der Waals surface area contributed by atoms with Gasteiger partial charge in [-0.1, -0.05) is 23.3 Å². The SMILES string of the molecule is CC1=CC(C)=C(CNC(=O)c2ncnc(-c3ccnn3C)c2Cl)C(=O)C1. The molecular weight excluding hydrogens is 354 g/mol. The highest BCUT2D eigenvalue weighted by atomic mass is 35.5. The zero-order chi connectivity index (χ0) is 18.8. The van der Waals surface area contributed by atoms with Crippen molar-refractivity contribution < 1.29 is 9.59 Å². The number of nitrogens with one attached hydrogen (secondary N) is 1. The van der Waals surface area contributed by atoms with E-state index in [9.17, 15) is 9.59 Å². The molecular formula is C18H18ClN5O2. The van der Waals surface area contributed by atoms with Gasteiger partial charge in [0.15, 0.2) is 11.5 Å². The predicted octanol–water partition coefficient (Wildman–Crippen LogP) is 2.50. The number of amides is 1. The lowest BCUT2D eigenvalue weighted by Crippen LogP contribution is -2.30. The van der Waals surface area contributed by atoms with E-state index in [1.54, 1.807) is 24.0 Å². The van der Waals surface area contributed by atoms with Crippen molar-refractivity contribution in [1.82, 2.24) is 25.1 Å². The number of allylic oxidation sites excluding steroid dienone is 3. The van der Waals surface area contributed by atoms with E-state index in [0.717, 1.165) is 11.1 Å². The Hall–Kier alpha value is -2.80. The summed E-state index contributed by atoms with van der Waals surface area (Å²) in [6, 6.07) is 1.75. The topological polar surface area (TPSA) is 89.8 Å². The van der Waals surface area contributed by atoms with E-state index in [2.05, 4.69) is 20.4 Å². The van der Waals surface area contributed by atoms with E-state index in [-0.39, 0.29) is 23.0 Å². The van der Waals surface area contributed by atoms with Crippen LogP contribution in [0.25, 0.3) is 11.4 Å². The zero-order valence-corrected chi connectivity index (χ0v) is 15.5. The molecule has 1 N–H and O–H groups in total. The molecule has 2 aromatic heterocycles. The van der Waals surface area contributed by atoms with Crippen LogP contribution in [0.15, 0.2) is 41.4 Å². The summed E-state index contributed by atoms with van der Waals surface area (Å²) in [4.78, 5) is 32.8. The van der Waals surface area contributed by atoms with E-state index in [4.69, 9.17) is 11.6 Å². The van der Waals surface area contributed by atoms with Crippen molar-refractivity contribution in [1.29, 1.82) is 0 Å². The fourth-order valence-electron chi connectivity index (χ4n) is 2.89. The van der Waals surface area contributed by atoms with Crippen molar-refractivity contribution in [2.24, 2.45) is 7.05 Å². The summed E-state index contributed by atoms with van der Waals surface area (Å²) in [6.07, 6.45) is 5.24. The molecule has 0 bridgehead atoms. The molecule has 1 aliphatic carbocycles. The first-order chi connectivity index (χ1) is 12.4. The molecule has 0 saturated heterocycles. The highest BCUT2D eigenvalue weighted by Crippen LogP contribution is 2.27. The Labute approximate surface area is 155 Å². The average molecular weight is 372 g/mol. The summed E-state index contributed by atoms with van der Waals surface area (Å²) in [6.45, 7) is 3.91. The van der Waals surface area contributed by atoms with Gasteiger partial charge in [0.1, 0.15) is 12.0 Å². The van der Waals surface area contributed by atoms with E-state index in [0.29, 0.717) is 23.4 Å². The number of aromatic nitrogens is 4. The van der Waals surface area contributed by atoms with Crippen molar-refractivity contribution in [3.05, 3.63) is 52.1 Å². The first kappa shape index (κ1) is 18.0. The Balaban J connectivity index is 1.82. The molecule has 1 aliphatic rings. The molecule has 2 heterocycles. The van der Waals surface area contributed by atoms with Crippen LogP contribution in [0, 0.1) is 0 Å². The smallest absolute Gasteiger partial charge is 0.271 e. The van der Waals surface area contributed by atoms with E-state index in [1.165, 1.54) is 6.33 Å². The average Bonchev–Trinajstić information content (AvgIpc) is 2.99. The van der Waals surface area contributed by atoms with Crippen LogP contribution in [0.4, 0.5) is 0 Å². The molecule has 2 aromatic rings. The lowest BCUT2D eigenvalue weighted by atomic mass is 9.92. The van der Waals surface area contributed by atoms with E-state index >= 15 is 0 Å². The number of rotatable bonds is 4. The second kappa shape index (κ2) is 7.21. The third-order valence-corrected chi connectivity index (χ3v) is 4.57. The number of carbonyl (C=O) groups is 2. The summed E-state index contributed by atoms with van der Waals surface area (Å²) in [5, 5.41) is 6.95. The molecule has 8 heteroatoms. The largest absolute Gasteiger partial charge is 0.346 e. The maximum atomic E-state index is 12.5. The number of halogens is 1. The fourth-order valence-corrected chi connectivity index (χ4v) is 3.17. The van der Waals surface area contributed by atoms with Gasteiger partial charge in [-0.15, -0.1) is 0 Å². The minimum absolute atomic E-state index is 0.0205. The Morgan fingerprint density at radius 1 is 1.35 bits per heavy atom.